The first-order valence-electron chi connectivity index (χ1n) is 8.20. The first-order chi connectivity index (χ1) is 11.5. The van der Waals surface area contributed by atoms with Gasteiger partial charge in [0.1, 0.15) is 0 Å². The van der Waals surface area contributed by atoms with E-state index in [0.717, 1.165) is 30.3 Å². The second kappa shape index (κ2) is 8.78. The van der Waals surface area contributed by atoms with Gasteiger partial charge in [-0.15, -0.1) is 0 Å². The summed E-state index contributed by atoms with van der Waals surface area (Å²) in [6, 6.07) is 10.2. The summed E-state index contributed by atoms with van der Waals surface area (Å²) >= 11 is 1.85. The van der Waals surface area contributed by atoms with E-state index >= 15 is 0 Å². The van der Waals surface area contributed by atoms with Crippen LogP contribution in [-0.4, -0.2) is 39.8 Å². The first kappa shape index (κ1) is 18.4. The third-order valence-electron chi connectivity index (χ3n) is 3.68. The molecule has 2 aromatic rings. The molecule has 1 aromatic heterocycles. The number of thioether (sulfide) groups is 1. The van der Waals surface area contributed by atoms with Crippen molar-refractivity contribution in [3.63, 3.8) is 0 Å². The molecule has 2 rings (SSSR count). The minimum Gasteiger partial charge on any atom is -0.357 e. The van der Waals surface area contributed by atoms with Crippen molar-refractivity contribution < 1.29 is 0 Å². The second-order valence-electron chi connectivity index (χ2n) is 6.13. The van der Waals surface area contributed by atoms with Gasteiger partial charge in [-0.3, -0.25) is 0 Å². The molecule has 24 heavy (non-hydrogen) atoms. The van der Waals surface area contributed by atoms with Crippen molar-refractivity contribution in [1.29, 1.82) is 0 Å². The van der Waals surface area contributed by atoms with E-state index in [-0.39, 0.29) is 4.75 Å². The van der Waals surface area contributed by atoms with Crippen molar-refractivity contribution in [1.82, 2.24) is 20.4 Å². The van der Waals surface area contributed by atoms with Crippen LogP contribution >= 0.6 is 11.8 Å². The minimum absolute atomic E-state index is 0.177. The van der Waals surface area contributed by atoms with Gasteiger partial charge in [0.15, 0.2) is 5.96 Å². The molecule has 0 saturated heterocycles. The Kier molecular flexibility index (Phi) is 6.73. The molecule has 0 unspecified atom stereocenters. The molecular weight excluding hydrogens is 318 g/mol. The van der Waals surface area contributed by atoms with Crippen molar-refractivity contribution in [2.45, 2.75) is 32.1 Å². The lowest BCUT2D eigenvalue weighted by Gasteiger charge is -2.23. The van der Waals surface area contributed by atoms with Crippen molar-refractivity contribution in [2.75, 3.05) is 19.3 Å². The number of nitrogens with zero attached hydrogens (tertiary/aromatic N) is 3. The maximum atomic E-state index is 4.70. The molecule has 130 valence electrons. The Bertz CT molecular complexity index is 649. The number of rotatable bonds is 7. The molecule has 1 aromatic carbocycles. The minimum atomic E-state index is 0.177. The summed E-state index contributed by atoms with van der Waals surface area (Å²) in [5, 5.41) is 11.0. The summed E-state index contributed by atoms with van der Waals surface area (Å²) in [6.45, 7) is 8.87. The normalized spacial score (nSPS) is 12.2. The highest BCUT2D eigenvalue weighted by molar-refractivity contribution is 7.99. The van der Waals surface area contributed by atoms with Crippen LogP contribution in [0.25, 0.3) is 5.69 Å². The lowest BCUT2D eigenvalue weighted by molar-refractivity contribution is 0.665. The van der Waals surface area contributed by atoms with Crippen molar-refractivity contribution in [2.24, 2.45) is 4.99 Å². The van der Waals surface area contributed by atoms with Crippen LogP contribution in [0.4, 0.5) is 0 Å². The molecule has 1 heterocycles. The zero-order valence-corrected chi connectivity index (χ0v) is 15.7. The second-order valence-corrected chi connectivity index (χ2v) is 7.65. The smallest absolute Gasteiger partial charge is 0.191 e. The number of hydrogen-bond donors (Lipinski definition) is 2. The molecule has 0 saturated carbocycles. The van der Waals surface area contributed by atoms with Gasteiger partial charge in [0.25, 0.3) is 0 Å². The van der Waals surface area contributed by atoms with Gasteiger partial charge >= 0.3 is 0 Å². The summed E-state index contributed by atoms with van der Waals surface area (Å²) in [7, 11) is 0. The van der Waals surface area contributed by atoms with E-state index in [9.17, 15) is 0 Å². The van der Waals surface area contributed by atoms with E-state index < -0.39 is 0 Å². The van der Waals surface area contributed by atoms with Crippen molar-refractivity contribution in [3.8, 4) is 5.69 Å². The zero-order valence-electron chi connectivity index (χ0n) is 14.9. The molecule has 0 fully saturated rings. The summed E-state index contributed by atoms with van der Waals surface area (Å²) in [6.07, 6.45) is 5.86. The van der Waals surface area contributed by atoms with Gasteiger partial charge in [0.2, 0.25) is 0 Å². The summed E-state index contributed by atoms with van der Waals surface area (Å²) in [5.74, 6) is 0.851. The van der Waals surface area contributed by atoms with Crippen LogP contribution < -0.4 is 10.6 Å². The molecule has 0 bridgehead atoms. The fraction of sp³-hybridized carbons (Fsp3) is 0.444. The largest absolute Gasteiger partial charge is 0.357 e. The Hall–Kier alpha value is -1.95. The molecule has 0 aliphatic heterocycles. The van der Waals surface area contributed by atoms with Gasteiger partial charge in [0.05, 0.1) is 12.2 Å². The lowest BCUT2D eigenvalue weighted by atomic mass is 10.2. The van der Waals surface area contributed by atoms with Gasteiger partial charge in [0, 0.05) is 30.2 Å². The van der Waals surface area contributed by atoms with Crippen molar-refractivity contribution in [3.05, 3.63) is 48.3 Å². The number of aromatic nitrogens is 2. The highest BCUT2D eigenvalue weighted by Gasteiger charge is 2.16. The van der Waals surface area contributed by atoms with Gasteiger partial charge in [-0.2, -0.15) is 16.9 Å². The SMILES string of the molecule is CCNC(=NCc1cccc(-n2cccn2)c1)NCC(C)(C)SC. The van der Waals surface area contributed by atoms with Crippen LogP contribution in [0.1, 0.15) is 26.3 Å². The van der Waals surface area contributed by atoms with Gasteiger partial charge in [-0.1, -0.05) is 12.1 Å². The number of nitrogens with one attached hydrogen (secondary N) is 2. The molecule has 0 aliphatic rings. The molecule has 0 spiro atoms. The van der Waals surface area contributed by atoms with E-state index in [1.165, 1.54) is 0 Å². The van der Waals surface area contributed by atoms with Crippen LogP contribution in [0.5, 0.6) is 0 Å². The van der Waals surface area contributed by atoms with E-state index in [2.05, 4.69) is 54.9 Å². The summed E-state index contributed by atoms with van der Waals surface area (Å²) in [4.78, 5) is 4.70. The number of aliphatic imine (C=N–C) groups is 1. The fourth-order valence-corrected chi connectivity index (χ4v) is 2.32. The van der Waals surface area contributed by atoms with Crippen LogP contribution in [0, 0.1) is 0 Å². The third-order valence-corrected chi connectivity index (χ3v) is 4.93. The standard InChI is InChI=1S/C18H27N5S/c1-5-19-17(21-14-18(2,3)24-4)20-13-15-8-6-9-16(12-15)23-11-7-10-22-23/h6-12H,5,13-14H2,1-4H3,(H2,19,20,21). The predicted octanol–water partition coefficient (Wildman–Crippen LogP) is 3.07. The van der Waals surface area contributed by atoms with Crippen LogP contribution in [-0.2, 0) is 6.54 Å². The molecule has 0 atom stereocenters. The highest BCUT2D eigenvalue weighted by Crippen LogP contribution is 2.19. The maximum Gasteiger partial charge on any atom is 0.191 e. The van der Waals surface area contributed by atoms with Crippen LogP contribution in [0.3, 0.4) is 0 Å². The van der Waals surface area contributed by atoms with Crippen molar-refractivity contribution >= 4 is 17.7 Å². The number of hydrogen-bond acceptors (Lipinski definition) is 3. The van der Waals surface area contributed by atoms with E-state index in [0.29, 0.717) is 6.54 Å². The Labute approximate surface area is 148 Å². The average molecular weight is 346 g/mol. The summed E-state index contributed by atoms with van der Waals surface area (Å²) in [5.41, 5.74) is 2.21. The number of guanidine groups is 1. The van der Waals surface area contributed by atoms with E-state index in [1.54, 1.807) is 6.20 Å². The quantitative estimate of drug-likeness (QED) is 0.598. The third kappa shape index (κ3) is 5.60. The molecule has 0 amide bonds. The summed E-state index contributed by atoms with van der Waals surface area (Å²) < 4.78 is 2.04. The van der Waals surface area contributed by atoms with E-state index in [1.807, 2.05) is 40.8 Å². The van der Waals surface area contributed by atoms with Crippen LogP contribution in [0.15, 0.2) is 47.7 Å². The molecule has 6 heteroatoms. The topological polar surface area (TPSA) is 54.2 Å². The molecule has 0 aliphatic carbocycles. The molecule has 5 nitrogen and oxygen atoms in total. The average Bonchev–Trinajstić information content (AvgIpc) is 3.12. The Balaban J connectivity index is 2.04. The Morgan fingerprint density at radius 2 is 2.12 bits per heavy atom. The van der Waals surface area contributed by atoms with E-state index in [4.69, 9.17) is 4.99 Å². The number of benzene rings is 1. The Morgan fingerprint density at radius 1 is 1.29 bits per heavy atom. The monoisotopic (exact) mass is 345 g/mol. The maximum absolute atomic E-state index is 4.70. The molecule has 0 radical (unpaired) electrons. The fourth-order valence-electron chi connectivity index (χ4n) is 2.10. The molecule has 2 N–H and O–H groups in total. The predicted molar refractivity (Wildman–Crippen MR) is 104 cm³/mol. The van der Waals surface area contributed by atoms with Gasteiger partial charge in [-0.25, -0.2) is 9.67 Å². The lowest BCUT2D eigenvalue weighted by Crippen LogP contribution is -2.43. The Morgan fingerprint density at radius 3 is 2.79 bits per heavy atom. The van der Waals surface area contributed by atoms with Crippen LogP contribution in [0.2, 0.25) is 0 Å². The van der Waals surface area contributed by atoms with Gasteiger partial charge < -0.3 is 10.6 Å². The first-order valence-corrected chi connectivity index (χ1v) is 9.43. The highest BCUT2D eigenvalue weighted by atomic mass is 32.2. The van der Waals surface area contributed by atoms with Gasteiger partial charge in [-0.05, 0) is 50.8 Å². The zero-order chi connectivity index (χ0) is 17.4. The molecular formula is C18H27N5S.